The lowest BCUT2D eigenvalue weighted by molar-refractivity contribution is 0.105. The van der Waals surface area contributed by atoms with Crippen molar-refractivity contribution < 1.29 is 14.6 Å². The third kappa shape index (κ3) is 7.57. The Morgan fingerprint density at radius 1 is 1.21 bits per heavy atom. The Morgan fingerprint density at radius 2 is 2.04 bits per heavy atom. The van der Waals surface area contributed by atoms with Crippen LogP contribution in [0.4, 0.5) is 5.82 Å². The van der Waals surface area contributed by atoms with Crippen LogP contribution in [0.2, 0.25) is 0 Å². The highest BCUT2D eigenvalue weighted by Crippen LogP contribution is 2.16. The molecule has 1 atom stereocenters. The molecule has 3 N–H and O–H groups in total. The Bertz CT molecular complexity index is 800. The smallest absolute Gasteiger partial charge is 0.233 e. The fourth-order valence-corrected chi connectivity index (χ4v) is 2.05. The normalized spacial score (nSPS) is 11.2. The minimum absolute atomic E-state index is 0.0895. The van der Waals surface area contributed by atoms with Crippen LogP contribution in [0.5, 0.6) is 11.6 Å². The molecule has 1 aromatic carbocycles. The average Bonchev–Trinajstić information content (AvgIpc) is 2.71. The van der Waals surface area contributed by atoms with Gasteiger partial charge < -0.3 is 19.9 Å². The number of nitrogens with one attached hydrogen (secondary N) is 2. The summed E-state index contributed by atoms with van der Waals surface area (Å²) >= 11 is 0. The van der Waals surface area contributed by atoms with E-state index in [0.29, 0.717) is 42.7 Å². The molecule has 0 spiro atoms. The fourth-order valence-electron chi connectivity index (χ4n) is 2.05. The number of rotatable bonds is 11. The maximum atomic E-state index is 9.96. The van der Waals surface area contributed by atoms with Crippen molar-refractivity contribution in [1.29, 1.82) is 5.26 Å². The van der Waals surface area contributed by atoms with Crippen molar-refractivity contribution in [3.05, 3.63) is 42.0 Å². The van der Waals surface area contributed by atoms with Gasteiger partial charge in [0.05, 0.1) is 5.56 Å². The molecule has 148 valence electrons. The average molecular weight is 384 g/mol. The van der Waals surface area contributed by atoms with Gasteiger partial charge in [-0.3, -0.25) is 5.43 Å². The molecule has 0 aliphatic heterocycles. The number of benzene rings is 1. The summed E-state index contributed by atoms with van der Waals surface area (Å²) in [6.07, 6.45) is -0.709. The number of aliphatic hydroxyl groups is 1. The van der Waals surface area contributed by atoms with Gasteiger partial charge in [-0.25, -0.2) is 0 Å². The zero-order valence-electron chi connectivity index (χ0n) is 15.9. The molecule has 0 saturated carbocycles. The van der Waals surface area contributed by atoms with Crippen molar-refractivity contribution in [2.24, 2.45) is 5.10 Å². The fraction of sp³-hybridized carbons (Fsp3) is 0.368. The molecule has 0 amide bonds. The summed E-state index contributed by atoms with van der Waals surface area (Å²) < 4.78 is 11.0. The lowest BCUT2D eigenvalue weighted by Gasteiger charge is -2.14. The number of hydrogen-bond acceptors (Lipinski definition) is 9. The number of para-hydroxylation sites is 1. The first-order valence-corrected chi connectivity index (χ1v) is 8.82. The Balaban J connectivity index is 1.61. The number of ether oxygens (including phenoxy) is 2. The van der Waals surface area contributed by atoms with Crippen LogP contribution in [0, 0.1) is 11.3 Å². The van der Waals surface area contributed by atoms with Crippen LogP contribution in [0.3, 0.4) is 0 Å². The van der Waals surface area contributed by atoms with E-state index in [9.17, 15) is 5.11 Å². The van der Waals surface area contributed by atoms with Crippen LogP contribution >= 0.6 is 0 Å². The van der Waals surface area contributed by atoms with E-state index in [2.05, 4.69) is 32.1 Å². The zero-order chi connectivity index (χ0) is 20.2. The predicted molar refractivity (Wildman–Crippen MR) is 105 cm³/mol. The topological polar surface area (TPSA) is 125 Å². The molecule has 2 aromatic rings. The van der Waals surface area contributed by atoms with Crippen LogP contribution in [0.25, 0.3) is 0 Å². The van der Waals surface area contributed by atoms with Crippen molar-refractivity contribution in [3.8, 4) is 17.7 Å². The number of hydrogen-bond donors (Lipinski definition) is 3. The highest BCUT2D eigenvalue weighted by atomic mass is 16.5. The molecule has 1 aromatic heterocycles. The third-order valence-electron chi connectivity index (χ3n) is 3.38. The van der Waals surface area contributed by atoms with Gasteiger partial charge in [0.1, 0.15) is 31.1 Å². The molecular formula is C19H24N6O3. The first-order valence-electron chi connectivity index (χ1n) is 8.82. The Hall–Kier alpha value is -3.22. The summed E-state index contributed by atoms with van der Waals surface area (Å²) in [5, 5.41) is 34.0. The number of nitriles is 1. The van der Waals surface area contributed by atoms with Crippen LogP contribution in [0.15, 0.2) is 41.5 Å². The monoisotopic (exact) mass is 384 g/mol. The number of anilines is 1. The highest BCUT2D eigenvalue weighted by molar-refractivity contribution is 5.79. The zero-order valence-corrected chi connectivity index (χ0v) is 15.9. The Morgan fingerprint density at radius 3 is 2.75 bits per heavy atom. The van der Waals surface area contributed by atoms with E-state index >= 15 is 0 Å². The summed E-state index contributed by atoms with van der Waals surface area (Å²) in [7, 11) is 0. The lowest BCUT2D eigenvalue weighted by Crippen LogP contribution is -2.33. The van der Waals surface area contributed by atoms with E-state index in [0.717, 1.165) is 5.71 Å². The Labute approximate surface area is 164 Å². The Kier molecular flexibility index (Phi) is 8.65. The van der Waals surface area contributed by atoms with E-state index in [4.69, 9.17) is 14.7 Å². The number of hydrazone groups is 1. The summed E-state index contributed by atoms with van der Waals surface area (Å²) in [6, 6.07) is 12.4. The second-order valence-electron chi connectivity index (χ2n) is 6.05. The van der Waals surface area contributed by atoms with Gasteiger partial charge in [0, 0.05) is 24.9 Å². The van der Waals surface area contributed by atoms with E-state index in [1.807, 2.05) is 13.8 Å². The second kappa shape index (κ2) is 11.5. The van der Waals surface area contributed by atoms with E-state index in [1.54, 1.807) is 36.4 Å². The second-order valence-corrected chi connectivity index (χ2v) is 6.05. The molecule has 28 heavy (non-hydrogen) atoms. The van der Waals surface area contributed by atoms with Gasteiger partial charge in [-0.1, -0.05) is 12.1 Å². The van der Waals surface area contributed by atoms with Crippen molar-refractivity contribution in [3.63, 3.8) is 0 Å². The quantitative estimate of drug-likeness (QED) is 0.303. The standard InChI is InChI=1S/C19H24N6O3/c1-14(2)22-23-18-7-8-19(25-24-18)27-10-9-21-12-16(26)13-28-17-6-4-3-5-15(17)11-20/h3-8,16,21,26H,9-10,12-13H2,1-2H3,(H,23,24). The molecule has 9 nitrogen and oxygen atoms in total. The van der Waals surface area contributed by atoms with Gasteiger partial charge in [0.15, 0.2) is 5.82 Å². The summed E-state index contributed by atoms with van der Waals surface area (Å²) in [4.78, 5) is 0. The molecule has 9 heteroatoms. The van der Waals surface area contributed by atoms with Crippen molar-refractivity contribution >= 4 is 11.5 Å². The molecule has 0 fully saturated rings. The molecule has 1 heterocycles. The molecule has 2 rings (SSSR count). The van der Waals surface area contributed by atoms with E-state index < -0.39 is 6.10 Å². The van der Waals surface area contributed by atoms with Crippen LogP contribution < -0.4 is 20.2 Å². The highest BCUT2D eigenvalue weighted by Gasteiger charge is 2.07. The minimum Gasteiger partial charge on any atom is -0.489 e. The van der Waals surface area contributed by atoms with Gasteiger partial charge in [0.25, 0.3) is 0 Å². The SMILES string of the molecule is CC(C)=NNc1ccc(OCCNCC(O)COc2ccccc2C#N)nn1. The van der Waals surface area contributed by atoms with E-state index in [1.165, 1.54) is 0 Å². The summed E-state index contributed by atoms with van der Waals surface area (Å²) in [5.74, 6) is 1.40. The third-order valence-corrected chi connectivity index (χ3v) is 3.38. The van der Waals surface area contributed by atoms with E-state index in [-0.39, 0.29) is 6.61 Å². The molecule has 0 aliphatic carbocycles. The molecule has 0 radical (unpaired) electrons. The van der Waals surface area contributed by atoms with Crippen LogP contribution in [-0.4, -0.2) is 53.4 Å². The molecule has 0 aliphatic rings. The van der Waals surface area contributed by atoms with Gasteiger partial charge in [0.2, 0.25) is 5.88 Å². The number of aliphatic hydroxyl groups excluding tert-OH is 1. The molecule has 0 saturated heterocycles. The molecular weight excluding hydrogens is 360 g/mol. The summed E-state index contributed by atoms with van der Waals surface area (Å²) in [6.45, 7) is 5.07. The number of nitrogens with zero attached hydrogens (tertiary/aromatic N) is 4. The van der Waals surface area contributed by atoms with Gasteiger partial charge >= 0.3 is 0 Å². The van der Waals surface area contributed by atoms with Gasteiger partial charge in [-0.2, -0.15) is 10.4 Å². The first-order chi connectivity index (χ1) is 13.6. The number of aromatic nitrogens is 2. The van der Waals surface area contributed by atoms with Crippen LogP contribution in [0.1, 0.15) is 19.4 Å². The van der Waals surface area contributed by atoms with Gasteiger partial charge in [-0.15, -0.1) is 10.2 Å². The summed E-state index contributed by atoms with van der Waals surface area (Å²) in [5.41, 5.74) is 4.10. The van der Waals surface area contributed by atoms with Crippen molar-refractivity contribution in [2.75, 3.05) is 31.7 Å². The first kappa shape index (κ1) is 21.1. The van der Waals surface area contributed by atoms with Crippen molar-refractivity contribution in [2.45, 2.75) is 20.0 Å². The largest absolute Gasteiger partial charge is 0.489 e. The lowest BCUT2D eigenvalue weighted by atomic mass is 10.2. The van der Waals surface area contributed by atoms with Gasteiger partial charge in [-0.05, 0) is 32.0 Å². The molecule has 1 unspecified atom stereocenters. The molecule has 0 bridgehead atoms. The maximum absolute atomic E-state index is 9.96. The van der Waals surface area contributed by atoms with Crippen LogP contribution in [-0.2, 0) is 0 Å². The minimum atomic E-state index is -0.709. The predicted octanol–water partition coefficient (Wildman–Crippen LogP) is 1.56. The maximum Gasteiger partial charge on any atom is 0.233 e. The van der Waals surface area contributed by atoms with Crippen molar-refractivity contribution in [1.82, 2.24) is 15.5 Å².